The molecule has 3 amide bonds. The summed E-state index contributed by atoms with van der Waals surface area (Å²) in [6.07, 6.45) is 1.73. The number of urea groups is 1. The van der Waals surface area contributed by atoms with E-state index in [9.17, 15) is 14.4 Å². The van der Waals surface area contributed by atoms with Crippen LogP contribution < -0.4 is 5.32 Å². The van der Waals surface area contributed by atoms with Gasteiger partial charge in [0.25, 0.3) is 0 Å². The van der Waals surface area contributed by atoms with Gasteiger partial charge in [0, 0.05) is 33.1 Å². The maximum absolute atomic E-state index is 12.3. The molecule has 1 aliphatic heterocycles. The van der Waals surface area contributed by atoms with E-state index in [4.69, 9.17) is 5.11 Å². The Morgan fingerprint density at radius 2 is 2.10 bits per heavy atom. The van der Waals surface area contributed by atoms with Crippen LogP contribution in [0.5, 0.6) is 0 Å². The third kappa shape index (κ3) is 4.71. The number of aliphatic carboxylic acids is 1. The van der Waals surface area contributed by atoms with Gasteiger partial charge in [-0.3, -0.25) is 9.59 Å². The molecule has 1 atom stereocenters. The minimum absolute atomic E-state index is 0.00362. The number of piperidine rings is 1. The van der Waals surface area contributed by atoms with Gasteiger partial charge in [-0.25, -0.2) is 4.79 Å². The standard InChI is InChI=1S/C13H23N3O4/c1-3-15(9-11(17)14-2)13(20)16-6-4-5-10(8-16)7-12(18)19/h10H,3-9H2,1-2H3,(H,14,17)(H,18,19). The summed E-state index contributed by atoms with van der Waals surface area (Å²) in [6.45, 7) is 3.38. The molecule has 114 valence electrons. The molecule has 0 bridgehead atoms. The van der Waals surface area contributed by atoms with Crippen LogP contribution in [-0.2, 0) is 9.59 Å². The third-order valence-electron chi connectivity index (χ3n) is 3.52. The topological polar surface area (TPSA) is 90.0 Å². The van der Waals surface area contributed by atoms with E-state index in [1.54, 1.807) is 4.90 Å². The first kappa shape index (κ1) is 16.3. The fraction of sp³-hybridized carbons (Fsp3) is 0.769. The maximum atomic E-state index is 12.3. The first-order valence-electron chi connectivity index (χ1n) is 6.94. The fourth-order valence-corrected chi connectivity index (χ4v) is 2.42. The molecule has 0 spiro atoms. The van der Waals surface area contributed by atoms with Crippen molar-refractivity contribution in [1.29, 1.82) is 0 Å². The van der Waals surface area contributed by atoms with Crippen LogP contribution in [0.2, 0.25) is 0 Å². The first-order chi connectivity index (χ1) is 9.47. The van der Waals surface area contributed by atoms with Gasteiger partial charge in [-0.1, -0.05) is 0 Å². The maximum Gasteiger partial charge on any atom is 0.320 e. The normalized spacial score (nSPS) is 18.5. The molecule has 1 rings (SSSR count). The molecule has 0 aromatic carbocycles. The minimum atomic E-state index is -0.831. The summed E-state index contributed by atoms with van der Waals surface area (Å²) in [4.78, 5) is 37.6. The number of likely N-dealkylation sites (N-methyl/N-ethyl adjacent to an activating group) is 2. The van der Waals surface area contributed by atoms with Gasteiger partial charge >= 0.3 is 12.0 Å². The molecule has 1 heterocycles. The number of carbonyl (C=O) groups is 3. The Bertz CT molecular complexity index is 373. The second kappa shape index (κ2) is 7.72. The number of amides is 3. The van der Waals surface area contributed by atoms with Crippen molar-refractivity contribution in [2.45, 2.75) is 26.2 Å². The zero-order valence-electron chi connectivity index (χ0n) is 12.1. The molecule has 1 unspecified atom stereocenters. The molecule has 0 aromatic rings. The van der Waals surface area contributed by atoms with E-state index in [2.05, 4.69) is 5.32 Å². The quantitative estimate of drug-likeness (QED) is 0.763. The van der Waals surface area contributed by atoms with Crippen molar-refractivity contribution in [3.8, 4) is 0 Å². The number of carboxylic acids is 1. The van der Waals surface area contributed by atoms with Crippen LogP contribution >= 0.6 is 0 Å². The van der Waals surface area contributed by atoms with E-state index in [1.807, 2.05) is 6.92 Å². The predicted octanol–water partition coefficient (Wildman–Crippen LogP) is 0.361. The van der Waals surface area contributed by atoms with Crippen molar-refractivity contribution < 1.29 is 19.5 Å². The van der Waals surface area contributed by atoms with Crippen molar-refractivity contribution in [3.05, 3.63) is 0 Å². The largest absolute Gasteiger partial charge is 0.481 e. The van der Waals surface area contributed by atoms with Gasteiger partial charge in [-0.15, -0.1) is 0 Å². The highest BCUT2D eigenvalue weighted by Gasteiger charge is 2.28. The van der Waals surface area contributed by atoms with Crippen molar-refractivity contribution in [2.75, 3.05) is 33.2 Å². The zero-order valence-corrected chi connectivity index (χ0v) is 12.1. The molecular formula is C13H23N3O4. The Balaban J connectivity index is 2.59. The Morgan fingerprint density at radius 3 is 2.65 bits per heavy atom. The molecule has 0 aromatic heterocycles. The lowest BCUT2D eigenvalue weighted by molar-refractivity contribution is -0.138. The second-order valence-electron chi connectivity index (χ2n) is 5.02. The number of carbonyl (C=O) groups excluding carboxylic acids is 2. The summed E-state index contributed by atoms with van der Waals surface area (Å²) in [7, 11) is 1.53. The van der Waals surface area contributed by atoms with Gasteiger partial charge in [0.1, 0.15) is 6.54 Å². The lowest BCUT2D eigenvalue weighted by Crippen LogP contribution is -2.50. The van der Waals surface area contributed by atoms with Crippen LogP contribution in [0.1, 0.15) is 26.2 Å². The van der Waals surface area contributed by atoms with Crippen LogP contribution in [0.3, 0.4) is 0 Å². The van der Waals surface area contributed by atoms with E-state index < -0.39 is 5.97 Å². The molecule has 0 aliphatic carbocycles. The van der Waals surface area contributed by atoms with E-state index in [0.717, 1.165) is 12.8 Å². The van der Waals surface area contributed by atoms with Gasteiger partial charge in [0.15, 0.2) is 0 Å². The highest BCUT2D eigenvalue weighted by Crippen LogP contribution is 2.20. The molecule has 1 aliphatic rings. The average molecular weight is 285 g/mol. The number of likely N-dealkylation sites (tertiary alicyclic amines) is 1. The minimum Gasteiger partial charge on any atom is -0.481 e. The molecule has 20 heavy (non-hydrogen) atoms. The molecule has 7 heteroatoms. The molecule has 0 radical (unpaired) electrons. The van der Waals surface area contributed by atoms with E-state index in [-0.39, 0.29) is 30.8 Å². The summed E-state index contributed by atoms with van der Waals surface area (Å²) in [5, 5.41) is 11.3. The number of hydrogen-bond donors (Lipinski definition) is 2. The Hall–Kier alpha value is -1.79. The Labute approximate surface area is 118 Å². The van der Waals surface area contributed by atoms with E-state index in [1.165, 1.54) is 11.9 Å². The summed E-state index contributed by atoms with van der Waals surface area (Å²) >= 11 is 0. The van der Waals surface area contributed by atoms with Crippen molar-refractivity contribution in [2.24, 2.45) is 5.92 Å². The van der Waals surface area contributed by atoms with Crippen LogP contribution in [0.15, 0.2) is 0 Å². The smallest absolute Gasteiger partial charge is 0.320 e. The number of carboxylic acid groups (broad SMARTS) is 1. The van der Waals surface area contributed by atoms with Crippen molar-refractivity contribution in [1.82, 2.24) is 15.1 Å². The second-order valence-corrected chi connectivity index (χ2v) is 5.02. The molecular weight excluding hydrogens is 262 g/mol. The summed E-state index contributed by atoms with van der Waals surface area (Å²) in [6, 6.07) is -0.189. The van der Waals surface area contributed by atoms with Gasteiger partial charge in [-0.2, -0.15) is 0 Å². The van der Waals surface area contributed by atoms with Gasteiger partial charge in [-0.05, 0) is 25.7 Å². The summed E-state index contributed by atoms with van der Waals surface area (Å²) in [5.41, 5.74) is 0. The average Bonchev–Trinajstić information content (AvgIpc) is 2.43. The number of nitrogens with one attached hydrogen (secondary N) is 1. The molecule has 1 fully saturated rings. The molecule has 1 saturated heterocycles. The van der Waals surface area contributed by atoms with Crippen LogP contribution in [-0.4, -0.2) is 66.0 Å². The fourth-order valence-electron chi connectivity index (χ4n) is 2.42. The molecule has 2 N–H and O–H groups in total. The van der Waals surface area contributed by atoms with Crippen LogP contribution in [0.25, 0.3) is 0 Å². The van der Waals surface area contributed by atoms with Crippen LogP contribution in [0, 0.1) is 5.92 Å². The van der Waals surface area contributed by atoms with Gasteiger partial charge in [0.2, 0.25) is 5.91 Å². The molecule has 0 saturated carbocycles. The van der Waals surface area contributed by atoms with E-state index >= 15 is 0 Å². The van der Waals surface area contributed by atoms with Gasteiger partial charge < -0.3 is 20.2 Å². The lowest BCUT2D eigenvalue weighted by Gasteiger charge is -2.35. The van der Waals surface area contributed by atoms with Crippen molar-refractivity contribution >= 4 is 17.9 Å². The summed E-state index contributed by atoms with van der Waals surface area (Å²) < 4.78 is 0. The SMILES string of the molecule is CCN(CC(=O)NC)C(=O)N1CCCC(CC(=O)O)C1. The Morgan fingerprint density at radius 1 is 1.40 bits per heavy atom. The number of rotatable bonds is 5. The summed E-state index contributed by atoms with van der Waals surface area (Å²) in [5.74, 6) is -1.04. The van der Waals surface area contributed by atoms with Crippen LogP contribution in [0.4, 0.5) is 4.79 Å². The molecule has 7 nitrogen and oxygen atoms in total. The predicted molar refractivity (Wildman–Crippen MR) is 73.3 cm³/mol. The highest BCUT2D eigenvalue weighted by molar-refractivity contribution is 5.84. The number of hydrogen-bond acceptors (Lipinski definition) is 3. The van der Waals surface area contributed by atoms with Crippen molar-refractivity contribution in [3.63, 3.8) is 0 Å². The third-order valence-corrected chi connectivity index (χ3v) is 3.52. The zero-order chi connectivity index (χ0) is 15.1. The lowest BCUT2D eigenvalue weighted by atomic mass is 9.95. The number of nitrogens with zero attached hydrogens (tertiary/aromatic N) is 2. The first-order valence-corrected chi connectivity index (χ1v) is 6.94. The highest BCUT2D eigenvalue weighted by atomic mass is 16.4. The van der Waals surface area contributed by atoms with Gasteiger partial charge in [0.05, 0.1) is 0 Å². The Kier molecular flexibility index (Phi) is 6.27. The monoisotopic (exact) mass is 285 g/mol. The van der Waals surface area contributed by atoms with E-state index in [0.29, 0.717) is 19.6 Å².